The van der Waals surface area contributed by atoms with Gasteiger partial charge in [0.2, 0.25) is 0 Å². The van der Waals surface area contributed by atoms with Gasteiger partial charge in [-0.25, -0.2) is 5.01 Å². The third-order valence-corrected chi connectivity index (χ3v) is 3.20. The Hall–Kier alpha value is -0.200. The van der Waals surface area contributed by atoms with Crippen LogP contribution in [0.3, 0.4) is 0 Å². The second-order valence-electron chi connectivity index (χ2n) is 3.17. The van der Waals surface area contributed by atoms with Gasteiger partial charge in [0.15, 0.2) is 21.3 Å². The maximum Gasteiger partial charge on any atom is 0.306 e. The molecule has 0 aromatic rings. The van der Waals surface area contributed by atoms with Crippen molar-refractivity contribution >= 4 is 27.3 Å². The van der Waals surface area contributed by atoms with E-state index in [0.717, 1.165) is 16.2 Å². The molecule has 0 rings (SSSR count). The minimum atomic E-state index is -1.22. The summed E-state index contributed by atoms with van der Waals surface area (Å²) in [6, 6.07) is 0. The molecular formula is C8H19IN4O4. The van der Waals surface area contributed by atoms with E-state index in [1.54, 1.807) is 5.01 Å². The van der Waals surface area contributed by atoms with Gasteiger partial charge in [-0.2, -0.15) is 0 Å². The van der Waals surface area contributed by atoms with Crippen molar-refractivity contribution in [3.63, 3.8) is 0 Å². The highest BCUT2D eigenvalue weighted by atomic mass is 127. The summed E-state index contributed by atoms with van der Waals surface area (Å²) in [5.41, 5.74) is 5.37. The Morgan fingerprint density at radius 3 is 2.71 bits per heavy atom. The molecule has 4 N–H and O–H groups in total. The molecule has 0 saturated heterocycles. The summed E-state index contributed by atoms with van der Waals surface area (Å²) in [7, 11) is 1.31. The van der Waals surface area contributed by atoms with Crippen LogP contribution in [0, 0.1) is 0 Å². The van der Waals surface area contributed by atoms with Crippen LogP contribution in [0.4, 0.5) is 0 Å². The zero-order valence-electron chi connectivity index (χ0n) is 9.75. The van der Waals surface area contributed by atoms with Crippen molar-refractivity contribution in [2.24, 2.45) is 9.04 Å². The fourth-order valence-electron chi connectivity index (χ4n) is 1.12. The van der Waals surface area contributed by atoms with Crippen molar-refractivity contribution in [3.8, 4) is 0 Å². The molecular weight excluding hydrogens is 343 g/mol. The number of nitrogens with two attached hydrogens (primary N) is 1. The Bertz CT molecular complexity index is 242. The van der Waals surface area contributed by atoms with E-state index in [2.05, 4.69) is 8.05 Å². The predicted octanol–water partition coefficient (Wildman–Crippen LogP) is 0.655. The summed E-state index contributed by atoms with van der Waals surface area (Å²) < 4.78 is 8.33. The van der Waals surface area contributed by atoms with Crippen LogP contribution < -0.4 is 5.73 Å². The Balaban J connectivity index is 4.14. The molecule has 0 aliphatic carbocycles. The number of carbonyl (C=O) groups is 1. The van der Waals surface area contributed by atoms with Crippen molar-refractivity contribution in [2.75, 3.05) is 26.7 Å². The van der Waals surface area contributed by atoms with E-state index in [4.69, 9.17) is 10.9 Å². The highest BCUT2D eigenvalue weighted by Gasteiger charge is 2.14. The Labute approximate surface area is 111 Å². The lowest BCUT2D eigenvalue weighted by atomic mass is 10.3. The van der Waals surface area contributed by atoms with Crippen LogP contribution in [0.15, 0.2) is 3.31 Å². The van der Waals surface area contributed by atoms with E-state index in [9.17, 15) is 10.0 Å². The molecule has 0 atom stereocenters. The first-order chi connectivity index (χ1) is 8.15. The maximum absolute atomic E-state index is 11.0. The molecule has 0 aromatic heterocycles. The number of methoxy groups -OCH3 is 1. The summed E-state index contributed by atoms with van der Waals surface area (Å²) in [6.45, 7) is 1.46. The van der Waals surface area contributed by atoms with E-state index < -0.39 is 21.3 Å². The molecule has 0 heterocycles. The molecule has 0 fully saturated rings. The lowest BCUT2D eigenvalue weighted by Crippen LogP contribution is -2.36. The first-order valence-electron chi connectivity index (χ1n) is 5.15. The normalized spacial score (nSPS) is 12.1. The molecule has 0 aliphatic heterocycles. The van der Waals surface area contributed by atoms with E-state index >= 15 is 0 Å². The van der Waals surface area contributed by atoms with Gasteiger partial charge in [0.25, 0.3) is 0 Å². The third-order valence-electron chi connectivity index (χ3n) is 2.01. The average molecular weight is 362 g/mol. The fraction of sp³-hybridized carbons (Fsp3) is 0.875. The average Bonchev–Trinajstić information content (AvgIpc) is 2.33. The summed E-state index contributed by atoms with van der Waals surface area (Å²) in [4.78, 5) is 11.0. The minimum Gasteiger partial charge on any atom is -0.469 e. The zero-order valence-corrected chi connectivity index (χ0v) is 11.9. The zero-order chi connectivity index (χ0) is 13.1. The van der Waals surface area contributed by atoms with Gasteiger partial charge < -0.3 is 10.5 Å². The van der Waals surface area contributed by atoms with Gasteiger partial charge in [0.1, 0.15) is 0 Å². The number of hydrazine groups is 1. The van der Waals surface area contributed by atoms with Crippen LogP contribution in [-0.2, 0) is 9.53 Å². The van der Waals surface area contributed by atoms with Crippen LogP contribution in [0.25, 0.3) is 0 Å². The van der Waals surface area contributed by atoms with Crippen molar-refractivity contribution in [1.82, 2.24) is 8.39 Å². The monoisotopic (exact) mass is 362 g/mol. The second-order valence-corrected chi connectivity index (χ2v) is 4.89. The quantitative estimate of drug-likeness (QED) is 0.182. The summed E-state index contributed by atoms with van der Waals surface area (Å²) in [5.74, 6) is -0.346. The lowest BCUT2D eigenvalue weighted by Gasteiger charge is -2.24. The van der Waals surface area contributed by atoms with E-state index in [1.807, 2.05) is 0 Å². The van der Waals surface area contributed by atoms with Gasteiger partial charge in [0.05, 0.1) is 13.5 Å². The van der Waals surface area contributed by atoms with Gasteiger partial charge in [-0.3, -0.25) is 15.2 Å². The largest absolute Gasteiger partial charge is 0.469 e. The minimum absolute atomic E-state index is 0.172. The number of carbonyl (C=O) groups excluding carboxylic acids is 1. The summed E-state index contributed by atoms with van der Waals surface area (Å²) in [5, 5.41) is 19.5. The number of hydrogen-bond donors (Lipinski definition) is 3. The lowest BCUT2D eigenvalue weighted by molar-refractivity contribution is -0.151. The number of unbranched alkanes of at least 4 members (excludes halogenated alkanes) is 1. The Morgan fingerprint density at radius 2 is 2.18 bits per heavy atom. The van der Waals surface area contributed by atoms with Crippen molar-refractivity contribution in [2.45, 2.75) is 19.3 Å². The van der Waals surface area contributed by atoms with E-state index in [1.165, 1.54) is 7.11 Å². The molecule has 0 amide bonds. The first-order valence-corrected chi connectivity index (χ1v) is 7.08. The number of halogens is 1. The van der Waals surface area contributed by atoms with Gasteiger partial charge in [-0.1, -0.05) is 3.31 Å². The number of rotatable bonds is 9. The first kappa shape index (κ1) is 16.8. The molecule has 9 heteroatoms. The Kier molecular flexibility index (Phi) is 10.8. The molecule has 0 aromatic carbocycles. The van der Waals surface area contributed by atoms with Crippen LogP contribution >= 0.6 is 21.3 Å². The molecule has 0 bridgehead atoms. The third kappa shape index (κ3) is 8.51. The highest BCUT2D eigenvalue weighted by molar-refractivity contribution is 14.1. The number of hydrogen-bond acceptors (Lipinski definition) is 7. The van der Waals surface area contributed by atoms with E-state index in [0.29, 0.717) is 19.6 Å². The number of esters is 1. The number of ether oxygens (including phenoxy) is 1. The van der Waals surface area contributed by atoms with Crippen LogP contribution in [0.1, 0.15) is 19.3 Å². The second kappa shape index (κ2) is 10.9. The summed E-state index contributed by atoms with van der Waals surface area (Å²) in [6.07, 6.45) is 1.80. The molecule has 0 spiro atoms. The van der Waals surface area contributed by atoms with Gasteiger partial charge >= 0.3 is 5.97 Å². The molecule has 0 radical (unpaired) electrons. The molecule has 0 saturated carbocycles. The van der Waals surface area contributed by atoms with Gasteiger partial charge in [-0.05, 0) is 22.8 Å². The molecule has 102 valence electrons. The smallest absolute Gasteiger partial charge is 0.306 e. The molecule has 0 aliphatic rings. The molecule has 17 heavy (non-hydrogen) atoms. The highest BCUT2D eigenvalue weighted by Crippen LogP contribution is 2.12. The summed E-state index contributed by atoms with van der Waals surface area (Å²) >= 11 is -1.22. The van der Waals surface area contributed by atoms with Gasteiger partial charge in [0, 0.05) is 13.1 Å². The fourth-order valence-corrected chi connectivity index (χ4v) is 1.99. The Morgan fingerprint density at radius 1 is 1.47 bits per heavy atom. The van der Waals surface area contributed by atoms with Crippen LogP contribution in [0.5, 0.6) is 0 Å². The molecule has 0 unspecified atom stereocenters. The maximum atomic E-state index is 11.0. The SMILES string of the molecule is COC(=O)CCN(CCCCN)N(O)I=NO. The standard InChI is InChI=1S/C8H19IN4O4/c1-17-8(14)4-7-12(6-3-2-5-10)13(16)9-11-15/h15-16H,2-7,10H2,1H3. The van der Waals surface area contributed by atoms with E-state index in [-0.39, 0.29) is 12.4 Å². The van der Waals surface area contributed by atoms with Crippen molar-refractivity contribution < 1.29 is 19.9 Å². The van der Waals surface area contributed by atoms with Crippen molar-refractivity contribution in [3.05, 3.63) is 0 Å². The predicted molar refractivity (Wildman–Crippen MR) is 68.4 cm³/mol. The molecule has 8 nitrogen and oxygen atoms in total. The van der Waals surface area contributed by atoms with Crippen LogP contribution in [0.2, 0.25) is 0 Å². The topological polar surface area (TPSA) is 112 Å². The van der Waals surface area contributed by atoms with Gasteiger partial charge in [-0.15, -0.1) is 0 Å². The van der Waals surface area contributed by atoms with Crippen molar-refractivity contribution in [1.29, 1.82) is 0 Å². The van der Waals surface area contributed by atoms with Crippen LogP contribution in [-0.4, -0.2) is 51.5 Å². The number of nitrogens with zero attached hydrogens (tertiary/aromatic N) is 3.